The molecule has 1 heterocycles. The van der Waals surface area contributed by atoms with Gasteiger partial charge in [-0.15, -0.1) is 0 Å². The number of amides is 3. The largest absolute Gasteiger partial charge is 0.493 e. The highest BCUT2D eigenvalue weighted by molar-refractivity contribution is 6.21. The SMILES string of the molecule is CCOc1ccc(/C=C/C(=O)OCC(=O)Nc2ccc3c(c2)C(=O)N(C)C3=O)cc1OC. The summed E-state index contributed by atoms with van der Waals surface area (Å²) in [6.45, 7) is 1.85. The van der Waals surface area contributed by atoms with Crippen LogP contribution >= 0.6 is 0 Å². The minimum atomic E-state index is -0.704. The first kappa shape index (κ1) is 22.5. The molecule has 2 aromatic carbocycles. The lowest BCUT2D eigenvalue weighted by Crippen LogP contribution is -2.24. The van der Waals surface area contributed by atoms with Crippen LogP contribution in [0, 0.1) is 0 Å². The zero-order valence-electron chi connectivity index (χ0n) is 17.8. The summed E-state index contributed by atoms with van der Waals surface area (Å²) in [5.41, 5.74) is 1.49. The molecule has 3 rings (SSSR count). The zero-order valence-corrected chi connectivity index (χ0v) is 17.8. The first-order valence-electron chi connectivity index (χ1n) is 9.76. The van der Waals surface area contributed by atoms with Gasteiger partial charge in [-0.25, -0.2) is 4.79 Å². The topological polar surface area (TPSA) is 111 Å². The van der Waals surface area contributed by atoms with Crippen LogP contribution in [0.4, 0.5) is 5.69 Å². The van der Waals surface area contributed by atoms with Gasteiger partial charge < -0.3 is 19.5 Å². The van der Waals surface area contributed by atoms with Crippen molar-refractivity contribution in [1.29, 1.82) is 0 Å². The molecule has 3 amide bonds. The summed E-state index contributed by atoms with van der Waals surface area (Å²) in [5.74, 6) is -1.00. The number of nitrogens with one attached hydrogen (secondary N) is 1. The van der Waals surface area contributed by atoms with Crippen LogP contribution in [0.2, 0.25) is 0 Å². The van der Waals surface area contributed by atoms with Crippen molar-refractivity contribution >= 4 is 35.5 Å². The lowest BCUT2D eigenvalue weighted by Gasteiger charge is -2.09. The third-order valence-electron chi connectivity index (χ3n) is 4.62. The van der Waals surface area contributed by atoms with Gasteiger partial charge in [-0.1, -0.05) is 6.07 Å². The number of fused-ring (bicyclic) bond motifs is 1. The van der Waals surface area contributed by atoms with Crippen LogP contribution in [0.1, 0.15) is 33.2 Å². The van der Waals surface area contributed by atoms with Crippen molar-refractivity contribution in [3.63, 3.8) is 0 Å². The van der Waals surface area contributed by atoms with Crippen LogP contribution in [-0.2, 0) is 14.3 Å². The molecule has 9 heteroatoms. The molecule has 0 fully saturated rings. The third-order valence-corrected chi connectivity index (χ3v) is 4.62. The molecule has 0 aliphatic carbocycles. The quantitative estimate of drug-likeness (QED) is 0.383. The second-order valence-corrected chi connectivity index (χ2v) is 6.76. The summed E-state index contributed by atoms with van der Waals surface area (Å²) in [4.78, 5) is 49.0. The van der Waals surface area contributed by atoms with Crippen LogP contribution in [0.5, 0.6) is 11.5 Å². The average Bonchev–Trinajstić information content (AvgIpc) is 3.00. The van der Waals surface area contributed by atoms with Crippen molar-refractivity contribution < 1.29 is 33.4 Å². The van der Waals surface area contributed by atoms with E-state index in [2.05, 4.69) is 5.32 Å². The number of benzene rings is 2. The molecule has 0 aromatic heterocycles. The molecule has 1 aliphatic rings. The Kier molecular flexibility index (Phi) is 6.89. The molecule has 0 atom stereocenters. The Morgan fingerprint density at radius 2 is 1.78 bits per heavy atom. The van der Waals surface area contributed by atoms with Crippen molar-refractivity contribution in [3.05, 3.63) is 59.2 Å². The number of ether oxygens (including phenoxy) is 3. The van der Waals surface area contributed by atoms with Gasteiger partial charge >= 0.3 is 5.97 Å². The van der Waals surface area contributed by atoms with Gasteiger partial charge in [-0.05, 0) is 48.9 Å². The van der Waals surface area contributed by atoms with Crippen molar-refractivity contribution in [2.45, 2.75) is 6.92 Å². The monoisotopic (exact) mass is 438 g/mol. The number of carbonyl (C=O) groups excluding carboxylic acids is 4. The van der Waals surface area contributed by atoms with Gasteiger partial charge in [0.1, 0.15) is 0 Å². The van der Waals surface area contributed by atoms with E-state index in [9.17, 15) is 19.2 Å². The molecule has 0 radical (unpaired) electrons. The molecule has 1 aliphatic heterocycles. The maximum atomic E-state index is 12.1. The predicted molar refractivity (Wildman–Crippen MR) is 116 cm³/mol. The second kappa shape index (κ2) is 9.78. The van der Waals surface area contributed by atoms with Crippen LogP contribution in [0.3, 0.4) is 0 Å². The molecule has 0 saturated heterocycles. The first-order valence-corrected chi connectivity index (χ1v) is 9.76. The normalized spacial score (nSPS) is 12.7. The molecule has 1 N–H and O–H groups in total. The number of methoxy groups -OCH3 is 1. The summed E-state index contributed by atoms with van der Waals surface area (Å²) < 4.78 is 15.6. The van der Waals surface area contributed by atoms with Crippen molar-refractivity contribution in [2.24, 2.45) is 0 Å². The van der Waals surface area contributed by atoms with Gasteiger partial charge in [0.05, 0.1) is 24.8 Å². The summed E-state index contributed by atoms with van der Waals surface area (Å²) in [6.07, 6.45) is 2.72. The van der Waals surface area contributed by atoms with Crippen LogP contribution < -0.4 is 14.8 Å². The van der Waals surface area contributed by atoms with E-state index in [-0.39, 0.29) is 11.1 Å². The number of esters is 1. The number of nitrogens with zero attached hydrogens (tertiary/aromatic N) is 1. The van der Waals surface area contributed by atoms with Crippen molar-refractivity contribution in [3.8, 4) is 11.5 Å². The zero-order chi connectivity index (χ0) is 23.3. The molecule has 32 heavy (non-hydrogen) atoms. The highest BCUT2D eigenvalue weighted by atomic mass is 16.5. The number of hydrogen-bond acceptors (Lipinski definition) is 7. The minimum Gasteiger partial charge on any atom is -0.493 e. The summed E-state index contributed by atoms with van der Waals surface area (Å²) in [5, 5.41) is 2.53. The third kappa shape index (κ3) is 4.94. The van der Waals surface area contributed by atoms with Crippen LogP contribution in [0.25, 0.3) is 6.08 Å². The number of imide groups is 1. The van der Waals surface area contributed by atoms with Gasteiger partial charge in [0.15, 0.2) is 18.1 Å². The van der Waals surface area contributed by atoms with Crippen molar-refractivity contribution in [2.75, 3.05) is 32.7 Å². The summed E-state index contributed by atoms with van der Waals surface area (Å²) in [6, 6.07) is 9.57. The van der Waals surface area contributed by atoms with E-state index in [1.807, 2.05) is 6.92 Å². The molecule has 0 unspecified atom stereocenters. The number of rotatable bonds is 8. The number of carbonyl (C=O) groups is 4. The van der Waals surface area contributed by atoms with Gasteiger partial charge in [-0.2, -0.15) is 0 Å². The molecule has 9 nitrogen and oxygen atoms in total. The van der Waals surface area contributed by atoms with E-state index < -0.39 is 30.3 Å². The Morgan fingerprint density at radius 1 is 1.03 bits per heavy atom. The fourth-order valence-electron chi connectivity index (χ4n) is 3.05. The molecule has 0 spiro atoms. The average molecular weight is 438 g/mol. The lowest BCUT2D eigenvalue weighted by atomic mass is 10.1. The Balaban J connectivity index is 1.54. The fraction of sp³-hybridized carbons (Fsp3) is 0.217. The summed E-state index contributed by atoms with van der Waals surface area (Å²) in [7, 11) is 2.91. The minimum absolute atomic E-state index is 0.209. The Labute approximate surface area is 184 Å². The van der Waals surface area contributed by atoms with Gasteiger partial charge in [0.25, 0.3) is 17.7 Å². The van der Waals surface area contributed by atoms with Crippen LogP contribution in [0.15, 0.2) is 42.5 Å². The van der Waals surface area contributed by atoms with Gasteiger partial charge in [-0.3, -0.25) is 19.3 Å². The fourth-order valence-corrected chi connectivity index (χ4v) is 3.05. The predicted octanol–water partition coefficient (Wildman–Crippen LogP) is 2.51. The molecule has 0 saturated carbocycles. The van der Waals surface area contributed by atoms with E-state index in [0.29, 0.717) is 29.4 Å². The Hall–Kier alpha value is -4.14. The molecule has 0 bridgehead atoms. The van der Waals surface area contributed by atoms with E-state index in [0.717, 1.165) is 4.90 Å². The highest BCUT2D eigenvalue weighted by Gasteiger charge is 2.32. The molecule has 166 valence electrons. The second-order valence-electron chi connectivity index (χ2n) is 6.76. The number of hydrogen-bond donors (Lipinski definition) is 1. The lowest BCUT2D eigenvalue weighted by molar-refractivity contribution is -0.142. The smallest absolute Gasteiger partial charge is 0.331 e. The van der Waals surface area contributed by atoms with E-state index in [1.54, 1.807) is 18.2 Å². The highest BCUT2D eigenvalue weighted by Crippen LogP contribution is 2.28. The first-order chi connectivity index (χ1) is 15.3. The molecular weight excluding hydrogens is 416 g/mol. The van der Waals surface area contributed by atoms with Crippen molar-refractivity contribution in [1.82, 2.24) is 4.90 Å². The van der Waals surface area contributed by atoms with E-state index in [1.165, 1.54) is 44.5 Å². The maximum Gasteiger partial charge on any atom is 0.331 e. The number of anilines is 1. The Bertz CT molecular complexity index is 1110. The van der Waals surface area contributed by atoms with Crippen LogP contribution in [-0.4, -0.2) is 56.0 Å². The molecular formula is C23H22N2O7. The van der Waals surface area contributed by atoms with E-state index in [4.69, 9.17) is 14.2 Å². The van der Waals surface area contributed by atoms with E-state index >= 15 is 0 Å². The maximum absolute atomic E-state index is 12.1. The molecule has 2 aromatic rings. The Morgan fingerprint density at radius 3 is 2.50 bits per heavy atom. The summed E-state index contributed by atoms with van der Waals surface area (Å²) >= 11 is 0. The van der Waals surface area contributed by atoms with Gasteiger partial charge in [0, 0.05) is 18.8 Å². The van der Waals surface area contributed by atoms with Gasteiger partial charge in [0.2, 0.25) is 0 Å². The standard InChI is InChI=1S/C23H22N2O7/c1-4-31-18-9-5-14(11-19(18)30-3)6-10-21(27)32-13-20(26)24-15-7-8-16-17(12-15)23(29)25(2)22(16)28/h5-12H,4,13H2,1-3H3,(H,24,26)/b10-6+.